The third-order valence-corrected chi connectivity index (χ3v) is 3.49. The molecule has 3 nitrogen and oxygen atoms in total. The van der Waals surface area contributed by atoms with Gasteiger partial charge in [0.15, 0.2) is 0 Å². The summed E-state index contributed by atoms with van der Waals surface area (Å²) >= 11 is 6.00. The Bertz CT molecular complexity index is 641. The molecule has 0 aromatic heterocycles. The molecular formula is C18H18ClNO2. The lowest BCUT2D eigenvalue weighted by Crippen LogP contribution is -2.32. The number of carbonyl (C=O) groups is 1. The van der Waals surface area contributed by atoms with Crippen LogP contribution in [-0.2, 0) is 11.2 Å². The van der Waals surface area contributed by atoms with Crippen molar-refractivity contribution in [3.05, 3.63) is 76.8 Å². The van der Waals surface area contributed by atoms with Crippen LogP contribution in [0.15, 0.2) is 60.7 Å². The van der Waals surface area contributed by atoms with Gasteiger partial charge in [0.25, 0.3) is 0 Å². The van der Waals surface area contributed by atoms with Crippen LogP contribution in [-0.4, -0.2) is 23.7 Å². The zero-order chi connectivity index (χ0) is 15.8. The molecule has 1 amide bonds. The summed E-state index contributed by atoms with van der Waals surface area (Å²) in [5, 5.41) is 13.2. The minimum atomic E-state index is -0.611. The van der Waals surface area contributed by atoms with Crippen LogP contribution < -0.4 is 5.32 Å². The van der Waals surface area contributed by atoms with E-state index in [2.05, 4.69) is 5.32 Å². The van der Waals surface area contributed by atoms with E-state index >= 15 is 0 Å². The molecule has 114 valence electrons. The average Bonchev–Trinajstić information content (AvgIpc) is 2.53. The van der Waals surface area contributed by atoms with Crippen molar-refractivity contribution in [3.8, 4) is 0 Å². The van der Waals surface area contributed by atoms with E-state index in [1.54, 1.807) is 12.1 Å². The zero-order valence-corrected chi connectivity index (χ0v) is 12.8. The van der Waals surface area contributed by atoms with E-state index in [4.69, 9.17) is 11.6 Å². The second kappa shape index (κ2) is 8.37. The monoisotopic (exact) mass is 315 g/mol. The molecular weight excluding hydrogens is 298 g/mol. The van der Waals surface area contributed by atoms with Gasteiger partial charge in [0.2, 0.25) is 5.91 Å². The first kappa shape index (κ1) is 16.3. The fourth-order valence-corrected chi connectivity index (χ4v) is 2.21. The maximum Gasteiger partial charge on any atom is 0.244 e. The minimum Gasteiger partial charge on any atom is -0.391 e. The Labute approximate surface area is 135 Å². The van der Waals surface area contributed by atoms with Crippen molar-refractivity contribution in [1.82, 2.24) is 5.32 Å². The van der Waals surface area contributed by atoms with Crippen LogP contribution in [0, 0.1) is 0 Å². The average molecular weight is 316 g/mol. The van der Waals surface area contributed by atoms with Gasteiger partial charge < -0.3 is 10.4 Å². The van der Waals surface area contributed by atoms with Gasteiger partial charge in [0.1, 0.15) is 0 Å². The summed E-state index contributed by atoms with van der Waals surface area (Å²) in [4.78, 5) is 11.7. The highest BCUT2D eigenvalue weighted by atomic mass is 35.5. The molecule has 1 atom stereocenters. The Balaban J connectivity index is 1.79. The predicted molar refractivity (Wildman–Crippen MR) is 89.6 cm³/mol. The van der Waals surface area contributed by atoms with E-state index in [0.29, 0.717) is 11.4 Å². The summed E-state index contributed by atoms with van der Waals surface area (Å²) in [5.41, 5.74) is 1.82. The fourth-order valence-electron chi connectivity index (χ4n) is 2.01. The first-order valence-corrected chi connectivity index (χ1v) is 7.45. The van der Waals surface area contributed by atoms with Gasteiger partial charge in [-0.3, -0.25) is 4.79 Å². The number of aliphatic hydroxyl groups is 1. The number of rotatable bonds is 6. The number of benzene rings is 2. The fraction of sp³-hybridized carbons (Fsp3) is 0.167. The third-order valence-electron chi connectivity index (χ3n) is 3.15. The van der Waals surface area contributed by atoms with Crippen molar-refractivity contribution < 1.29 is 9.90 Å². The number of carbonyl (C=O) groups excluding carboxylic acids is 1. The summed E-state index contributed by atoms with van der Waals surface area (Å²) in [6, 6.07) is 17.0. The molecule has 0 aliphatic heterocycles. The first-order chi connectivity index (χ1) is 10.6. The van der Waals surface area contributed by atoms with Crippen molar-refractivity contribution in [2.24, 2.45) is 0 Å². The van der Waals surface area contributed by atoms with Crippen molar-refractivity contribution in [2.75, 3.05) is 6.54 Å². The highest BCUT2D eigenvalue weighted by molar-refractivity contribution is 6.32. The largest absolute Gasteiger partial charge is 0.391 e. The molecule has 0 saturated heterocycles. The van der Waals surface area contributed by atoms with E-state index in [-0.39, 0.29) is 12.5 Å². The summed E-state index contributed by atoms with van der Waals surface area (Å²) in [5.74, 6) is -0.257. The molecule has 0 fully saturated rings. The lowest BCUT2D eigenvalue weighted by Gasteiger charge is -2.10. The van der Waals surface area contributed by atoms with Crippen molar-refractivity contribution in [2.45, 2.75) is 12.5 Å². The maximum atomic E-state index is 11.7. The van der Waals surface area contributed by atoms with Gasteiger partial charge in [0, 0.05) is 24.1 Å². The molecule has 0 spiro atoms. The number of hydrogen-bond acceptors (Lipinski definition) is 2. The highest BCUT2D eigenvalue weighted by Gasteiger charge is 2.06. The van der Waals surface area contributed by atoms with Crippen LogP contribution in [0.5, 0.6) is 0 Å². The van der Waals surface area contributed by atoms with Crippen LogP contribution >= 0.6 is 11.6 Å². The Hall–Kier alpha value is -2.10. The van der Waals surface area contributed by atoms with Crippen LogP contribution in [0.3, 0.4) is 0 Å². The van der Waals surface area contributed by atoms with Crippen molar-refractivity contribution >= 4 is 23.6 Å². The quantitative estimate of drug-likeness (QED) is 0.805. The Morgan fingerprint density at radius 3 is 2.55 bits per heavy atom. The van der Waals surface area contributed by atoms with Gasteiger partial charge >= 0.3 is 0 Å². The summed E-state index contributed by atoms with van der Waals surface area (Å²) in [6.07, 6.45) is 2.97. The van der Waals surface area contributed by atoms with E-state index in [1.807, 2.05) is 48.5 Å². The summed E-state index contributed by atoms with van der Waals surface area (Å²) in [7, 11) is 0. The Morgan fingerprint density at radius 2 is 1.82 bits per heavy atom. The molecule has 2 aromatic carbocycles. The van der Waals surface area contributed by atoms with Crippen LogP contribution in [0.25, 0.3) is 6.08 Å². The normalized spacial score (nSPS) is 12.3. The van der Waals surface area contributed by atoms with E-state index < -0.39 is 6.10 Å². The molecule has 0 unspecified atom stereocenters. The minimum absolute atomic E-state index is 0.209. The summed E-state index contributed by atoms with van der Waals surface area (Å²) < 4.78 is 0. The highest BCUT2D eigenvalue weighted by Crippen LogP contribution is 2.15. The Kier molecular flexibility index (Phi) is 6.19. The van der Waals surface area contributed by atoms with Gasteiger partial charge in [-0.05, 0) is 23.3 Å². The van der Waals surface area contributed by atoms with E-state index in [9.17, 15) is 9.90 Å². The Morgan fingerprint density at radius 1 is 1.14 bits per heavy atom. The molecule has 22 heavy (non-hydrogen) atoms. The molecule has 0 radical (unpaired) electrons. The number of amides is 1. The molecule has 0 bridgehead atoms. The first-order valence-electron chi connectivity index (χ1n) is 7.07. The molecule has 4 heteroatoms. The number of aliphatic hydroxyl groups excluding tert-OH is 1. The van der Waals surface area contributed by atoms with Gasteiger partial charge in [-0.2, -0.15) is 0 Å². The van der Waals surface area contributed by atoms with Gasteiger partial charge in [-0.15, -0.1) is 0 Å². The molecule has 2 N–H and O–H groups in total. The van der Waals surface area contributed by atoms with Crippen molar-refractivity contribution in [1.29, 1.82) is 0 Å². The lowest BCUT2D eigenvalue weighted by molar-refractivity contribution is -0.116. The van der Waals surface area contributed by atoms with Gasteiger partial charge in [0.05, 0.1) is 6.10 Å². The standard InChI is InChI=1S/C18H18ClNO2/c19-17-9-5-4-8-15(17)10-11-18(22)20-13-16(21)12-14-6-2-1-3-7-14/h1-11,16,21H,12-13H2,(H,20,22)/b11-10+/t16-/m1/s1. The van der Waals surface area contributed by atoms with E-state index in [0.717, 1.165) is 11.1 Å². The smallest absolute Gasteiger partial charge is 0.244 e. The van der Waals surface area contributed by atoms with Crippen LogP contribution in [0.4, 0.5) is 0 Å². The van der Waals surface area contributed by atoms with Crippen LogP contribution in [0.2, 0.25) is 5.02 Å². The molecule has 2 rings (SSSR count). The second-order valence-corrected chi connectivity index (χ2v) is 5.35. The number of nitrogens with one attached hydrogen (secondary N) is 1. The van der Waals surface area contributed by atoms with Gasteiger partial charge in [-0.25, -0.2) is 0 Å². The topological polar surface area (TPSA) is 49.3 Å². The number of hydrogen-bond donors (Lipinski definition) is 2. The van der Waals surface area contributed by atoms with Crippen LogP contribution in [0.1, 0.15) is 11.1 Å². The number of halogens is 1. The van der Waals surface area contributed by atoms with Crippen molar-refractivity contribution in [3.63, 3.8) is 0 Å². The van der Waals surface area contributed by atoms with E-state index in [1.165, 1.54) is 6.08 Å². The second-order valence-electron chi connectivity index (χ2n) is 4.94. The molecule has 0 heterocycles. The zero-order valence-electron chi connectivity index (χ0n) is 12.1. The lowest BCUT2D eigenvalue weighted by atomic mass is 10.1. The molecule has 0 saturated carbocycles. The predicted octanol–water partition coefficient (Wildman–Crippen LogP) is 3.07. The molecule has 0 aliphatic carbocycles. The third kappa shape index (κ3) is 5.35. The maximum absolute atomic E-state index is 11.7. The molecule has 2 aromatic rings. The molecule has 0 aliphatic rings. The van der Waals surface area contributed by atoms with Gasteiger partial charge in [-0.1, -0.05) is 60.1 Å². The SMILES string of the molecule is O=C(/C=C/c1ccccc1Cl)NC[C@H](O)Cc1ccccc1. The summed E-state index contributed by atoms with van der Waals surface area (Å²) in [6.45, 7) is 0.209.